The summed E-state index contributed by atoms with van der Waals surface area (Å²) in [5, 5.41) is 9.41. The summed E-state index contributed by atoms with van der Waals surface area (Å²) in [5.74, 6) is -0.660. The van der Waals surface area contributed by atoms with Crippen molar-refractivity contribution in [3.8, 4) is 0 Å². The van der Waals surface area contributed by atoms with E-state index in [1.54, 1.807) is 0 Å². The van der Waals surface area contributed by atoms with Crippen molar-refractivity contribution in [3.05, 3.63) is 0 Å². The molecule has 0 spiro atoms. The molecule has 1 saturated carbocycles. The van der Waals surface area contributed by atoms with Crippen molar-refractivity contribution in [3.63, 3.8) is 0 Å². The molecule has 1 fully saturated rings. The molecule has 1 aliphatic carbocycles. The van der Waals surface area contributed by atoms with Crippen LogP contribution in [-0.4, -0.2) is 23.8 Å². The molecule has 0 saturated heterocycles. The monoisotopic (exact) mass is 214 g/mol. The fraction of sp³-hybridized carbons (Fsp3) is 0.917. The molecular weight excluding hydrogens is 192 g/mol. The Hall–Kier alpha value is -0.570. The molecule has 88 valence electrons. The van der Waals surface area contributed by atoms with Gasteiger partial charge in [-0.2, -0.15) is 0 Å². The molecule has 0 aromatic carbocycles. The van der Waals surface area contributed by atoms with E-state index in [4.69, 9.17) is 4.74 Å². The average Bonchev–Trinajstić information content (AvgIpc) is 2.60. The Morgan fingerprint density at radius 1 is 1.53 bits per heavy atom. The highest BCUT2D eigenvalue weighted by atomic mass is 16.5. The molecule has 1 rings (SSSR count). The topological polar surface area (TPSA) is 46.5 Å². The van der Waals surface area contributed by atoms with Crippen LogP contribution in [0.3, 0.4) is 0 Å². The number of hydrogen-bond acceptors (Lipinski definition) is 2. The molecule has 2 unspecified atom stereocenters. The van der Waals surface area contributed by atoms with Gasteiger partial charge in [0.25, 0.3) is 0 Å². The van der Waals surface area contributed by atoms with E-state index in [1.807, 2.05) is 6.92 Å². The lowest BCUT2D eigenvalue weighted by atomic mass is 9.79. The molecule has 1 aliphatic rings. The summed E-state index contributed by atoms with van der Waals surface area (Å²) in [7, 11) is 0. The molecule has 0 bridgehead atoms. The Morgan fingerprint density at radius 2 is 2.27 bits per heavy atom. The zero-order valence-electron chi connectivity index (χ0n) is 9.79. The molecule has 3 nitrogen and oxygen atoms in total. The van der Waals surface area contributed by atoms with Gasteiger partial charge in [0.1, 0.15) is 0 Å². The van der Waals surface area contributed by atoms with Crippen LogP contribution in [0, 0.1) is 5.41 Å². The van der Waals surface area contributed by atoms with Crippen molar-refractivity contribution in [1.82, 2.24) is 0 Å². The highest BCUT2D eigenvalue weighted by molar-refractivity contribution is 5.76. The molecule has 0 aliphatic heterocycles. The number of unbranched alkanes of at least 4 members (excludes halogenated alkanes) is 1. The molecule has 3 heteroatoms. The van der Waals surface area contributed by atoms with E-state index < -0.39 is 11.4 Å². The first-order valence-corrected chi connectivity index (χ1v) is 6.02. The Balaban J connectivity index is 2.73. The van der Waals surface area contributed by atoms with Gasteiger partial charge >= 0.3 is 5.97 Å². The molecule has 0 aromatic rings. The summed E-state index contributed by atoms with van der Waals surface area (Å²) in [6.07, 6.45) is 5.41. The number of carboxylic acid groups (broad SMARTS) is 1. The summed E-state index contributed by atoms with van der Waals surface area (Å²) in [4.78, 5) is 11.4. The molecule has 0 heterocycles. The Kier molecular flexibility index (Phi) is 4.58. The van der Waals surface area contributed by atoms with E-state index in [9.17, 15) is 9.90 Å². The summed E-state index contributed by atoms with van der Waals surface area (Å²) in [5.41, 5.74) is -0.591. The average molecular weight is 214 g/mol. The number of rotatable bonds is 6. The summed E-state index contributed by atoms with van der Waals surface area (Å²) in [6, 6.07) is 0. The Bertz CT molecular complexity index is 215. The zero-order valence-corrected chi connectivity index (χ0v) is 9.79. The van der Waals surface area contributed by atoms with E-state index in [0.717, 1.165) is 38.5 Å². The van der Waals surface area contributed by atoms with Crippen LogP contribution >= 0.6 is 0 Å². The van der Waals surface area contributed by atoms with Gasteiger partial charge in [-0.05, 0) is 32.6 Å². The fourth-order valence-corrected chi connectivity index (χ4v) is 2.61. The van der Waals surface area contributed by atoms with Crippen LogP contribution in [0.4, 0.5) is 0 Å². The van der Waals surface area contributed by atoms with Gasteiger partial charge in [-0.15, -0.1) is 0 Å². The lowest BCUT2D eigenvalue weighted by Crippen LogP contribution is -2.40. The van der Waals surface area contributed by atoms with Crippen molar-refractivity contribution < 1.29 is 14.6 Å². The summed E-state index contributed by atoms with van der Waals surface area (Å²) < 4.78 is 5.60. The van der Waals surface area contributed by atoms with E-state index in [-0.39, 0.29) is 6.10 Å². The van der Waals surface area contributed by atoms with E-state index >= 15 is 0 Å². The Morgan fingerprint density at radius 3 is 2.80 bits per heavy atom. The van der Waals surface area contributed by atoms with Crippen LogP contribution in [0.5, 0.6) is 0 Å². The Labute approximate surface area is 91.8 Å². The van der Waals surface area contributed by atoms with Crippen LogP contribution < -0.4 is 0 Å². The summed E-state index contributed by atoms with van der Waals surface area (Å²) >= 11 is 0. The third-order valence-corrected chi connectivity index (χ3v) is 3.48. The van der Waals surface area contributed by atoms with E-state index in [2.05, 4.69) is 6.92 Å². The molecule has 1 N–H and O–H groups in total. The minimum Gasteiger partial charge on any atom is -0.481 e. The van der Waals surface area contributed by atoms with Crippen molar-refractivity contribution in [1.29, 1.82) is 0 Å². The molecule has 15 heavy (non-hydrogen) atoms. The lowest BCUT2D eigenvalue weighted by Gasteiger charge is -2.31. The lowest BCUT2D eigenvalue weighted by molar-refractivity contribution is -0.158. The largest absolute Gasteiger partial charge is 0.481 e. The van der Waals surface area contributed by atoms with Crippen molar-refractivity contribution in [2.75, 3.05) is 6.61 Å². The predicted octanol–water partition coefficient (Wildman–Crippen LogP) is 2.84. The predicted molar refractivity (Wildman–Crippen MR) is 58.9 cm³/mol. The van der Waals surface area contributed by atoms with Crippen molar-refractivity contribution in [2.24, 2.45) is 5.41 Å². The third-order valence-electron chi connectivity index (χ3n) is 3.48. The smallest absolute Gasteiger partial charge is 0.312 e. The maximum Gasteiger partial charge on any atom is 0.312 e. The van der Waals surface area contributed by atoms with Gasteiger partial charge in [-0.1, -0.05) is 19.8 Å². The quantitative estimate of drug-likeness (QED) is 0.739. The third kappa shape index (κ3) is 2.51. The first kappa shape index (κ1) is 12.5. The number of carbonyl (C=O) groups is 1. The normalized spacial score (nSPS) is 30.7. The number of carboxylic acids is 1. The second kappa shape index (κ2) is 5.50. The molecular formula is C12H22O3. The van der Waals surface area contributed by atoms with Gasteiger partial charge in [-0.3, -0.25) is 4.79 Å². The highest BCUT2D eigenvalue weighted by Crippen LogP contribution is 2.44. The second-order valence-electron chi connectivity index (χ2n) is 4.40. The number of aliphatic carboxylic acids is 1. The van der Waals surface area contributed by atoms with Gasteiger partial charge in [0.05, 0.1) is 11.5 Å². The van der Waals surface area contributed by atoms with Crippen molar-refractivity contribution in [2.45, 2.75) is 58.5 Å². The molecule has 0 radical (unpaired) electrons. The van der Waals surface area contributed by atoms with Gasteiger partial charge < -0.3 is 9.84 Å². The highest BCUT2D eigenvalue weighted by Gasteiger charge is 2.49. The first-order chi connectivity index (χ1) is 7.17. The number of ether oxygens (including phenoxy) is 1. The van der Waals surface area contributed by atoms with Gasteiger partial charge in [0.2, 0.25) is 0 Å². The first-order valence-electron chi connectivity index (χ1n) is 6.02. The van der Waals surface area contributed by atoms with Crippen LogP contribution in [0.25, 0.3) is 0 Å². The second-order valence-corrected chi connectivity index (χ2v) is 4.40. The maximum atomic E-state index is 11.4. The minimum absolute atomic E-state index is 0.0634. The van der Waals surface area contributed by atoms with E-state index in [1.165, 1.54) is 0 Å². The SMILES string of the molecule is CCCCC1(C(=O)O)CCCC1OCC. The van der Waals surface area contributed by atoms with Crippen molar-refractivity contribution >= 4 is 5.97 Å². The van der Waals surface area contributed by atoms with Crippen LogP contribution in [0.1, 0.15) is 52.4 Å². The minimum atomic E-state index is -0.660. The van der Waals surface area contributed by atoms with Gasteiger partial charge in [0, 0.05) is 6.61 Å². The molecule has 0 aromatic heterocycles. The van der Waals surface area contributed by atoms with Gasteiger partial charge in [-0.25, -0.2) is 0 Å². The zero-order chi connectivity index (χ0) is 11.3. The fourth-order valence-electron chi connectivity index (χ4n) is 2.61. The van der Waals surface area contributed by atoms with Crippen LogP contribution in [-0.2, 0) is 9.53 Å². The summed E-state index contributed by atoms with van der Waals surface area (Å²) in [6.45, 7) is 4.65. The van der Waals surface area contributed by atoms with E-state index in [0.29, 0.717) is 6.61 Å². The maximum absolute atomic E-state index is 11.4. The number of hydrogen-bond donors (Lipinski definition) is 1. The van der Waals surface area contributed by atoms with Crippen LogP contribution in [0.2, 0.25) is 0 Å². The van der Waals surface area contributed by atoms with Crippen LogP contribution in [0.15, 0.2) is 0 Å². The molecule has 0 amide bonds. The molecule has 2 atom stereocenters. The van der Waals surface area contributed by atoms with Gasteiger partial charge in [0.15, 0.2) is 0 Å². The standard InChI is InChI=1S/C12H22O3/c1-3-5-8-12(11(13)14)9-6-7-10(12)15-4-2/h10H,3-9H2,1-2H3,(H,13,14).